The Kier molecular flexibility index (Phi) is 5.86. The molecule has 1 aliphatic heterocycles. The maximum atomic E-state index is 13.1. The molecule has 3 heterocycles. The summed E-state index contributed by atoms with van der Waals surface area (Å²) in [7, 11) is -3.71. The molecule has 0 spiro atoms. The molecule has 0 unspecified atom stereocenters. The Balaban J connectivity index is 1.64. The molecule has 0 atom stereocenters. The Morgan fingerprint density at radius 2 is 1.87 bits per heavy atom. The Labute approximate surface area is 180 Å². The lowest BCUT2D eigenvalue weighted by atomic mass is 10.1. The smallest absolute Gasteiger partial charge is 0.257 e. The fourth-order valence-corrected chi connectivity index (χ4v) is 4.80. The lowest BCUT2D eigenvalue weighted by Crippen LogP contribution is -2.40. The first-order chi connectivity index (χ1) is 14.9. The number of hydrogen-bond acceptors (Lipinski definition) is 6. The van der Waals surface area contributed by atoms with E-state index in [-0.39, 0.29) is 10.5 Å². The Bertz CT molecular complexity index is 1200. The summed E-state index contributed by atoms with van der Waals surface area (Å²) >= 11 is 0. The average Bonchev–Trinajstić information content (AvgIpc) is 3.15. The van der Waals surface area contributed by atoms with Crippen molar-refractivity contribution in [1.82, 2.24) is 19.1 Å². The fraction of sp³-hybridized carbons (Fsp3) is 0.286. The summed E-state index contributed by atoms with van der Waals surface area (Å²) in [5.41, 5.74) is 1.65. The minimum atomic E-state index is -3.71. The molecular weight excluding hydrogens is 418 g/mol. The van der Waals surface area contributed by atoms with Crippen LogP contribution >= 0.6 is 0 Å². The lowest BCUT2D eigenvalue weighted by molar-refractivity contribution is 0.0730. The van der Waals surface area contributed by atoms with E-state index < -0.39 is 15.9 Å². The van der Waals surface area contributed by atoms with Crippen LogP contribution in [0.25, 0.3) is 5.82 Å². The molecule has 0 saturated carbocycles. The summed E-state index contributed by atoms with van der Waals surface area (Å²) in [6.07, 6.45) is 1.64. The minimum Gasteiger partial charge on any atom is -0.379 e. The van der Waals surface area contributed by atoms with Gasteiger partial charge in [0.25, 0.3) is 5.91 Å². The molecule has 10 heteroatoms. The van der Waals surface area contributed by atoms with Crippen molar-refractivity contribution in [2.45, 2.75) is 18.7 Å². The zero-order valence-electron chi connectivity index (χ0n) is 17.3. The normalized spacial score (nSPS) is 15.0. The molecule has 0 radical (unpaired) electrons. The molecule has 9 nitrogen and oxygen atoms in total. The summed E-state index contributed by atoms with van der Waals surface area (Å²) in [5, 5.41) is 7.23. The molecule has 0 aliphatic carbocycles. The Morgan fingerprint density at radius 1 is 1.10 bits per heavy atom. The zero-order chi connectivity index (χ0) is 22.0. The summed E-state index contributed by atoms with van der Waals surface area (Å²) in [6.45, 7) is 4.88. The van der Waals surface area contributed by atoms with Crippen LogP contribution in [-0.4, -0.2) is 59.7 Å². The van der Waals surface area contributed by atoms with Crippen LogP contribution in [0, 0.1) is 13.8 Å². The van der Waals surface area contributed by atoms with Gasteiger partial charge in [0.1, 0.15) is 5.82 Å². The molecule has 4 rings (SSSR count). The van der Waals surface area contributed by atoms with E-state index >= 15 is 0 Å². The van der Waals surface area contributed by atoms with Crippen molar-refractivity contribution >= 4 is 21.7 Å². The van der Waals surface area contributed by atoms with Gasteiger partial charge in [0.15, 0.2) is 5.82 Å². The quantitative estimate of drug-likeness (QED) is 0.650. The molecule has 162 valence electrons. The third-order valence-electron chi connectivity index (χ3n) is 5.00. The lowest BCUT2D eigenvalue weighted by Gasteiger charge is -2.26. The number of anilines is 1. The van der Waals surface area contributed by atoms with E-state index in [9.17, 15) is 13.2 Å². The number of rotatable bonds is 5. The first kappa shape index (κ1) is 21.2. The Morgan fingerprint density at radius 3 is 2.58 bits per heavy atom. The van der Waals surface area contributed by atoms with E-state index in [0.29, 0.717) is 49.2 Å². The van der Waals surface area contributed by atoms with Crippen LogP contribution in [0.2, 0.25) is 0 Å². The molecule has 1 aliphatic rings. The highest BCUT2D eigenvalue weighted by molar-refractivity contribution is 7.89. The highest BCUT2D eigenvalue weighted by Crippen LogP contribution is 2.22. The maximum Gasteiger partial charge on any atom is 0.257 e. The van der Waals surface area contributed by atoms with Crippen molar-refractivity contribution in [3.05, 3.63) is 65.5 Å². The number of benzene rings is 1. The summed E-state index contributed by atoms with van der Waals surface area (Å²) in [6, 6.07) is 11.7. The molecule has 1 amide bonds. The fourth-order valence-electron chi connectivity index (χ4n) is 3.37. The summed E-state index contributed by atoms with van der Waals surface area (Å²) in [5.74, 6) is 0.585. The van der Waals surface area contributed by atoms with Crippen molar-refractivity contribution in [1.29, 1.82) is 0 Å². The van der Waals surface area contributed by atoms with Gasteiger partial charge in [-0.15, -0.1) is 0 Å². The number of carbonyl (C=O) groups excluding carboxylic acids is 1. The average molecular weight is 442 g/mol. The van der Waals surface area contributed by atoms with E-state index in [1.54, 1.807) is 37.4 Å². The van der Waals surface area contributed by atoms with Gasteiger partial charge in [0, 0.05) is 30.9 Å². The molecule has 1 fully saturated rings. The monoisotopic (exact) mass is 441 g/mol. The van der Waals surface area contributed by atoms with Gasteiger partial charge in [0.05, 0.1) is 23.8 Å². The molecule has 1 aromatic carbocycles. The second-order valence-corrected chi connectivity index (χ2v) is 9.16. The third kappa shape index (κ3) is 4.36. The summed E-state index contributed by atoms with van der Waals surface area (Å²) in [4.78, 5) is 17.4. The third-order valence-corrected chi connectivity index (χ3v) is 6.90. The maximum absolute atomic E-state index is 13.1. The summed E-state index contributed by atoms with van der Waals surface area (Å²) < 4.78 is 34.1. The van der Waals surface area contributed by atoms with E-state index in [2.05, 4.69) is 15.4 Å². The van der Waals surface area contributed by atoms with Crippen molar-refractivity contribution in [3.8, 4) is 5.82 Å². The predicted molar refractivity (Wildman–Crippen MR) is 115 cm³/mol. The molecule has 3 aromatic rings. The number of pyridine rings is 1. The number of aryl methyl sites for hydroxylation is 2. The number of nitrogens with zero attached hydrogens (tertiary/aromatic N) is 4. The van der Waals surface area contributed by atoms with Gasteiger partial charge >= 0.3 is 0 Å². The van der Waals surface area contributed by atoms with Gasteiger partial charge in [-0.2, -0.15) is 14.1 Å². The van der Waals surface area contributed by atoms with Gasteiger partial charge in [-0.25, -0.2) is 13.4 Å². The van der Waals surface area contributed by atoms with Crippen LogP contribution in [-0.2, 0) is 14.8 Å². The number of aromatic nitrogens is 3. The number of morpholine rings is 1. The van der Waals surface area contributed by atoms with Crippen LogP contribution in [0.3, 0.4) is 0 Å². The van der Waals surface area contributed by atoms with E-state index in [1.165, 1.54) is 21.1 Å². The van der Waals surface area contributed by atoms with Crippen LogP contribution in [0.5, 0.6) is 0 Å². The molecule has 2 aromatic heterocycles. The van der Waals surface area contributed by atoms with Gasteiger partial charge in [-0.3, -0.25) is 4.79 Å². The van der Waals surface area contributed by atoms with Crippen LogP contribution in [0.15, 0.2) is 53.6 Å². The second kappa shape index (κ2) is 8.58. The highest BCUT2D eigenvalue weighted by Gasteiger charge is 2.27. The number of hydrogen-bond donors (Lipinski definition) is 1. The van der Waals surface area contributed by atoms with E-state index in [0.717, 1.165) is 0 Å². The van der Waals surface area contributed by atoms with Gasteiger partial charge < -0.3 is 10.1 Å². The molecule has 1 saturated heterocycles. The zero-order valence-corrected chi connectivity index (χ0v) is 18.1. The highest BCUT2D eigenvalue weighted by atomic mass is 32.2. The molecule has 31 heavy (non-hydrogen) atoms. The number of ether oxygens (including phenoxy) is 1. The topological polar surface area (TPSA) is 106 Å². The van der Waals surface area contributed by atoms with Crippen molar-refractivity contribution < 1.29 is 17.9 Å². The van der Waals surface area contributed by atoms with Crippen LogP contribution in [0.1, 0.15) is 21.6 Å². The number of nitrogens with one attached hydrogen (secondary N) is 1. The molecular formula is C21H23N5O4S. The van der Waals surface area contributed by atoms with E-state index in [4.69, 9.17) is 4.74 Å². The number of amides is 1. The molecule has 0 bridgehead atoms. The predicted octanol–water partition coefficient (Wildman–Crippen LogP) is 2.16. The Hall–Kier alpha value is -3.08. The van der Waals surface area contributed by atoms with Crippen LogP contribution < -0.4 is 5.32 Å². The van der Waals surface area contributed by atoms with Gasteiger partial charge in [0.2, 0.25) is 10.0 Å². The SMILES string of the molecule is Cc1cc(NC(=O)c2cc(S(=O)(=O)N3CCOCC3)ccc2C)n(-c2ccccn2)n1. The largest absolute Gasteiger partial charge is 0.379 e. The van der Waals surface area contributed by atoms with E-state index in [1.807, 2.05) is 13.0 Å². The molecule has 1 N–H and O–H groups in total. The standard InChI is InChI=1S/C21H23N5O4S/c1-15-6-7-17(31(28,29)25-9-11-30-12-10-25)14-18(15)21(27)23-20-13-16(2)24-26(20)19-5-3-4-8-22-19/h3-8,13-14H,9-12H2,1-2H3,(H,23,27). The second-order valence-electron chi connectivity index (χ2n) is 7.22. The van der Waals surface area contributed by atoms with Crippen molar-refractivity contribution in [2.75, 3.05) is 31.6 Å². The minimum absolute atomic E-state index is 0.0829. The number of carbonyl (C=O) groups is 1. The first-order valence-corrected chi connectivity index (χ1v) is 11.3. The van der Waals surface area contributed by atoms with Gasteiger partial charge in [-0.1, -0.05) is 12.1 Å². The van der Waals surface area contributed by atoms with Crippen molar-refractivity contribution in [3.63, 3.8) is 0 Å². The number of sulfonamides is 1. The first-order valence-electron chi connectivity index (χ1n) is 9.84. The van der Waals surface area contributed by atoms with Crippen molar-refractivity contribution in [2.24, 2.45) is 0 Å². The van der Waals surface area contributed by atoms with Gasteiger partial charge in [-0.05, 0) is 43.7 Å². The van der Waals surface area contributed by atoms with Crippen LogP contribution in [0.4, 0.5) is 5.82 Å².